The number of benzene rings is 1. The van der Waals surface area contributed by atoms with Gasteiger partial charge in [0.2, 0.25) is 5.91 Å². The third kappa shape index (κ3) is 2.94. The van der Waals surface area contributed by atoms with E-state index in [0.29, 0.717) is 17.9 Å². The largest absolute Gasteiger partial charge is 0.380 e. The Hall–Kier alpha value is -2.11. The minimum absolute atomic E-state index is 0.00375. The molecule has 2 N–H and O–H groups in total. The van der Waals surface area contributed by atoms with Gasteiger partial charge in [0.15, 0.2) is 0 Å². The first-order chi connectivity index (χ1) is 7.54. The topological polar surface area (TPSA) is 84.3 Å². The van der Waals surface area contributed by atoms with Crippen molar-refractivity contribution < 1.29 is 9.72 Å². The van der Waals surface area contributed by atoms with E-state index in [2.05, 4.69) is 10.6 Å². The second-order valence-electron chi connectivity index (χ2n) is 3.20. The van der Waals surface area contributed by atoms with Gasteiger partial charge in [-0.1, -0.05) is 0 Å². The Balaban J connectivity index is 3.06. The van der Waals surface area contributed by atoms with Crippen LogP contribution >= 0.6 is 0 Å². The average Bonchev–Trinajstić information content (AvgIpc) is 2.17. The summed E-state index contributed by atoms with van der Waals surface area (Å²) >= 11 is 0. The Labute approximate surface area is 92.8 Å². The molecule has 0 fully saturated rings. The van der Waals surface area contributed by atoms with Gasteiger partial charge in [0.25, 0.3) is 5.69 Å². The van der Waals surface area contributed by atoms with Gasteiger partial charge in [-0.2, -0.15) is 0 Å². The zero-order valence-corrected chi connectivity index (χ0v) is 9.11. The molecule has 1 amide bonds. The molecule has 0 aliphatic heterocycles. The maximum atomic E-state index is 10.8. The summed E-state index contributed by atoms with van der Waals surface area (Å²) in [6, 6.07) is 4.41. The van der Waals surface area contributed by atoms with E-state index in [4.69, 9.17) is 0 Å². The standard InChI is InChI=1S/C10H13N3O3/c1-3-11-9-6-8(12-7(2)14)4-5-10(9)13(15)16/h4-6,11H,3H2,1-2H3,(H,12,14). The first-order valence-corrected chi connectivity index (χ1v) is 4.84. The summed E-state index contributed by atoms with van der Waals surface area (Å²) in [5.41, 5.74) is 0.934. The van der Waals surface area contributed by atoms with Crippen LogP contribution in [-0.4, -0.2) is 17.4 Å². The van der Waals surface area contributed by atoms with Crippen LogP contribution in [0.4, 0.5) is 17.1 Å². The Kier molecular flexibility index (Phi) is 3.82. The average molecular weight is 223 g/mol. The molecule has 0 atom stereocenters. The van der Waals surface area contributed by atoms with Gasteiger partial charge >= 0.3 is 0 Å². The van der Waals surface area contributed by atoms with Gasteiger partial charge in [-0.3, -0.25) is 14.9 Å². The number of nitrogens with zero attached hydrogens (tertiary/aromatic N) is 1. The van der Waals surface area contributed by atoms with Crippen molar-refractivity contribution in [3.8, 4) is 0 Å². The number of carbonyl (C=O) groups is 1. The molecule has 0 radical (unpaired) electrons. The van der Waals surface area contributed by atoms with E-state index in [1.54, 1.807) is 6.07 Å². The third-order valence-corrected chi connectivity index (χ3v) is 1.88. The summed E-state index contributed by atoms with van der Waals surface area (Å²) in [5.74, 6) is -0.212. The first-order valence-electron chi connectivity index (χ1n) is 4.84. The predicted molar refractivity (Wildman–Crippen MR) is 61.6 cm³/mol. The molecule has 0 aromatic heterocycles. The quantitative estimate of drug-likeness (QED) is 0.603. The van der Waals surface area contributed by atoms with E-state index in [0.717, 1.165) is 0 Å². The SMILES string of the molecule is CCNc1cc(NC(C)=O)ccc1[N+](=O)[O-]. The van der Waals surface area contributed by atoms with Crippen LogP contribution < -0.4 is 10.6 Å². The van der Waals surface area contributed by atoms with Crippen LogP contribution in [0.25, 0.3) is 0 Å². The van der Waals surface area contributed by atoms with Crippen molar-refractivity contribution in [2.24, 2.45) is 0 Å². The number of rotatable bonds is 4. The molecular weight excluding hydrogens is 210 g/mol. The van der Waals surface area contributed by atoms with Crippen LogP contribution in [0.5, 0.6) is 0 Å². The van der Waals surface area contributed by atoms with Gasteiger partial charge < -0.3 is 10.6 Å². The number of amides is 1. The number of carbonyl (C=O) groups excluding carboxylic acids is 1. The van der Waals surface area contributed by atoms with Crippen molar-refractivity contribution in [3.63, 3.8) is 0 Å². The maximum absolute atomic E-state index is 10.8. The van der Waals surface area contributed by atoms with Crippen molar-refractivity contribution in [1.82, 2.24) is 0 Å². The summed E-state index contributed by atoms with van der Waals surface area (Å²) in [6.07, 6.45) is 0. The fourth-order valence-corrected chi connectivity index (χ4v) is 1.31. The van der Waals surface area contributed by atoms with Crippen molar-refractivity contribution in [3.05, 3.63) is 28.3 Å². The summed E-state index contributed by atoms with van der Waals surface area (Å²) in [4.78, 5) is 21.1. The fraction of sp³-hybridized carbons (Fsp3) is 0.300. The van der Waals surface area contributed by atoms with Crippen molar-refractivity contribution >= 4 is 23.0 Å². The molecule has 0 bridgehead atoms. The molecule has 1 aromatic rings. The Morgan fingerprint density at radius 3 is 2.69 bits per heavy atom. The minimum Gasteiger partial charge on any atom is -0.380 e. The highest BCUT2D eigenvalue weighted by atomic mass is 16.6. The van der Waals surface area contributed by atoms with E-state index in [1.165, 1.54) is 19.1 Å². The second kappa shape index (κ2) is 5.11. The highest BCUT2D eigenvalue weighted by Crippen LogP contribution is 2.27. The molecular formula is C10H13N3O3. The highest BCUT2D eigenvalue weighted by Gasteiger charge is 2.13. The van der Waals surface area contributed by atoms with Crippen LogP contribution in [0.2, 0.25) is 0 Å². The van der Waals surface area contributed by atoms with Gasteiger partial charge in [-0.05, 0) is 19.1 Å². The monoisotopic (exact) mass is 223 g/mol. The molecule has 0 saturated carbocycles. The fourth-order valence-electron chi connectivity index (χ4n) is 1.31. The van der Waals surface area contributed by atoms with E-state index >= 15 is 0 Å². The van der Waals surface area contributed by atoms with Crippen molar-refractivity contribution in [2.45, 2.75) is 13.8 Å². The predicted octanol–water partition coefficient (Wildman–Crippen LogP) is 1.98. The van der Waals surface area contributed by atoms with Crippen molar-refractivity contribution in [2.75, 3.05) is 17.2 Å². The first kappa shape index (κ1) is 12.0. The lowest BCUT2D eigenvalue weighted by Gasteiger charge is -2.07. The molecule has 86 valence electrons. The molecule has 16 heavy (non-hydrogen) atoms. The van der Waals surface area contributed by atoms with Crippen LogP contribution in [0, 0.1) is 10.1 Å². The normalized spacial score (nSPS) is 9.62. The van der Waals surface area contributed by atoms with Crippen LogP contribution in [0.3, 0.4) is 0 Å². The van der Waals surface area contributed by atoms with Crippen molar-refractivity contribution in [1.29, 1.82) is 0 Å². The molecule has 0 heterocycles. The van der Waals surface area contributed by atoms with Gasteiger partial charge in [0, 0.05) is 25.2 Å². The summed E-state index contributed by atoms with van der Waals surface area (Å²) in [5, 5.41) is 16.2. The lowest BCUT2D eigenvalue weighted by atomic mass is 10.2. The van der Waals surface area contributed by atoms with E-state index in [1.807, 2.05) is 6.92 Å². The summed E-state index contributed by atoms with van der Waals surface area (Å²) in [6.45, 7) is 3.80. The van der Waals surface area contributed by atoms with Gasteiger partial charge in [-0.25, -0.2) is 0 Å². The van der Waals surface area contributed by atoms with Crippen LogP contribution in [0.1, 0.15) is 13.8 Å². The lowest BCUT2D eigenvalue weighted by molar-refractivity contribution is -0.383. The molecule has 6 nitrogen and oxygen atoms in total. The van der Waals surface area contributed by atoms with Gasteiger partial charge in [-0.15, -0.1) is 0 Å². The third-order valence-electron chi connectivity index (χ3n) is 1.88. The molecule has 6 heteroatoms. The summed E-state index contributed by atoms with van der Waals surface area (Å²) < 4.78 is 0. The number of anilines is 2. The second-order valence-corrected chi connectivity index (χ2v) is 3.20. The number of hydrogen-bond donors (Lipinski definition) is 2. The minimum atomic E-state index is -0.463. The van der Waals surface area contributed by atoms with Gasteiger partial charge in [0.05, 0.1) is 4.92 Å². The molecule has 0 spiro atoms. The van der Waals surface area contributed by atoms with Crippen LogP contribution in [-0.2, 0) is 4.79 Å². The molecule has 0 saturated heterocycles. The number of hydrogen-bond acceptors (Lipinski definition) is 4. The number of nitro benzene ring substituents is 1. The number of nitro groups is 1. The smallest absolute Gasteiger partial charge is 0.292 e. The lowest BCUT2D eigenvalue weighted by Crippen LogP contribution is -2.07. The molecule has 0 aliphatic carbocycles. The molecule has 0 aliphatic rings. The highest BCUT2D eigenvalue weighted by molar-refractivity contribution is 5.89. The number of nitrogens with one attached hydrogen (secondary N) is 2. The summed E-state index contributed by atoms with van der Waals surface area (Å²) in [7, 11) is 0. The Morgan fingerprint density at radius 2 is 2.19 bits per heavy atom. The van der Waals surface area contributed by atoms with E-state index in [9.17, 15) is 14.9 Å². The zero-order valence-electron chi connectivity index (χ0n) is 9.11. The molecule has 1 rings (SSSR count). The van der Waals surface area contributed by atoms with E-state index < -0.39 is 4.92 Å². The molecule has 0 unspecified atom stereocenters. The maximum Gasteiger partial charge on any atom is 0.292 e. The molecule has 1 aromatic carbocycles. The van der Waals surface area contributed by atoms with E-state index in [-0.39, 0.29) is 11.6 Å². The zero-order chi connectivity index (χ0) is 12.1. The van der Waals surface area contributed by atoms with Gasteiger partial charge in [0.1, 0.15) is 5.69 Å². The Morgan fingerprint density at radius 1 is 1.50 bits per heavy atom. The van der Waals surface area contributed by atoms with Crippen LogP contribution in [0.15, 0.2) is 18.2 Å². The Bertz CT molecular complexity index is 418.